The van der Waals surface area contributed by atoms with E-state index in [0.29, 0.717) is 19.1 Å². The van der Waals surface area contributed by atoms with Crippen LogP contribution in [0.4, 0.5) is 0 Å². The van der Waals surface area contributed by atoms with Crippen LogP contribution in [0.2, 0.25) is 0 Å². The summed E-state index contributed by atoms with van der Waals surface area (Å²) >= 11 is 0. The Labute approximate surface area is 93.2 Å². The van der Waals surface area contributed by atoms with Crippen molar-refractivity contribution in [2.75, 3.05) is 19.0 Å². The van der Waals surface area contributed by atoms with E-state index in [1.54, 1.807) is 0 Å². The van der Waals surface area contributed by atoms with Crippen LogP contribution in [-0.4, -0.2) is 27.4 Å². The second kappa shape index (κ2) is 7.19. The topological polar surface area (TPSA) is 69.4 Å². The fraction of sp³-hybridized carbons (Fsp3) is 1.00. The lowest BCUT2D eigenvalue weighted by molar-refractivity contribution is 0.0957. The average Bonchev–Trinajstić information content (AvgIpc) is 2.08. The Bertz CT molecular complexity index is 249. The molecule has 0 aliphatic carbocycles. The van der Waals surface area contributed by atoms with Gasteiger partial charge in [0.25, 0.3) is 0 Å². The molecule has 0 aromatic heterocycles. The molecular formula is C10H23NO3S. The highest BCUT2D eigenvalue weighted by Crippen LogP contribution is 2.07. The molecule has 2 N–H and O–H groups in total. The summed E-state index contributed by atoms with van der Waals surface area (Å²) in [4.78, 5) is 0. The van der Waals surface area contributed by atoms with Crippen LogP contribution in [0.1, 0.15) is 33.6 Å². The van der Waals surface area contributed by atoms with Crippen LogP contribution in [0.3, 0.4) is 0 Å². The van der Waals surface area contributed by atoms with Gasteiger partial charge in [-0.25, -0.2) is 13.6 Å². The molecule has 92 valence electrons. The molecule has 15 heavy (non-hydrogen) atoms. The fourth-order valence-corrected chi connectivity index (χ4v) is 2.17. The van der Waals surface area contributed by atoms with E-state index in [9.17, 15) is 8.42 Å². The zero-order chi connectivity index (χ0) is 11.9. The van der Waals surface area contributed by atoms with Gasteiger partial charge >= 0.3 is 0 Å². The van der Waals surface area contributed by atoms with Gasteiger partial charge in [0, 0.05) is 6.61 Å². The summed E-state index contributed by atoms with van der Waals surface area (Å²) in [5.41, 5.74) is 0. The van der Waals surface area contributed by atoms with Crippen LogP contribution in [0.5, 0.6) is 0 Å². The predicted molar refractivity (Wildman–Crippen MR) is 62.0 cm³/mol. The van der Waals surface area contributed by atoms with Gasteiger partial charge in [-0.15, -0.1) is 0 Å². The quantitative estimate of drug-likeness (QED) is 0.648. The Hall–Kier alpha value is -0.130. The first kappa shape index (κ1) is 14.9. The Morgan fingerprint density at radius 3 is 2.33 bits per heavy atom. The molecule has 0 radical (unpaired) electrons. The van der Waals surface area contributed by atoms with E-state index in [1.165, 1.54) is 0 Å². The summed E-state index contributed by atoms with van der Waals surface area (Å²) in [5.74, 6) is 0.654. The van der Waals surface area contributed by atoms with Crippen molar-refractivity contribution < 1.29 is 13.2 Å². The third kappa shape index (κ3) is 10.2. The molecule has 0 aliphatic rings. The molecule has 1 unspecified atom stereocenters. The van der Waals surface area contributed by atoms with Crippen LogP contribution in [0.25, 0.3) is 0 Å². The Morgan fingerprint density at radius 1 is 1.33 bits per heavy atom. The second-order valence-electron chi connectivity index (χ2n) is 4.36. The van der Waals surface area contributed by atoms with Crippen molar-refractivity contribution in [1.29, 1.82) is 0 Å². The highest BCUT2D eigenvalue weighted by molar-refractivity contribution is 7.89. The third-order valence-corrected chi connectivity index (χ3v) is 3.17. The van der Waals surface area contributed by atoms with Crippen molar-refractivity contribution >= 4 is 10.0 Å². The molecule has 0 aliphatic heterocycles. The Balaban J connectivity index is 3.72. The van der Waals surface area contributed by atoms with Crippen molar-refractivity contribution in [3.63, 3.8) is 0 Å². The summed E-state index contributed by atoms with van der Waals surface area (Å²) in [6.45, 7) is 7.39. The minimum atomic E-state index is -3.37. The molecule has 4 nitrogen and oxygen atoms in total. The van der Waals surface area contributed by atoms with Gasteiger partial charge in [-0.1, -0.05) is 27.2 Å². The predicted octanol–water partition coefficient (Wildman–Crippen LogP) is 1.36. The van der Waals surface area contributed by atoms with E-state index in [2.05, 4.69) is 13.8 Å². The SMILES string of the molecule is CCC(COCCC(C)C)CS(N)(=O)=O. The summed E-state index contributed by atoms with van der Waals surface area (Å²) in [7, 11) is -3.37. The van der Waals surface area contributed by atoms with Crippen molar-refractivity contribution in [2.45, 2.75) is 33.6 Å². The molecule has 1 atom stereocenters. The van der Waals surface area contributed by atoms with E-state index in [4.69, 9.17) is 9.88 Å². The number of primary sulfonamides is 1. The van der Waals surface area contributed by atoms with Gasteiger partial charge in [0.05, 0.1) is 12.4 Å². The molecule has 0 saturated carbocycles. The average molecular weight is 237 g/mol. The largest absolute Gasteiger partial charge is 0.381 e. The molecule has 0 heterocycles. The molecular weight excluding hydrogens is 214 g/mol. The van der Waals surface area contributed by atoms with Gasteiger partial charge in [0.15, 0.2) is 0 Å². The van der Waals surface area contributed by atoms with Gasteiger partial charge in [-0.3, -0.25) is 0 Å². The maximum absolute atomic E-state index is 10.9. The zero-order valence-electron chi connectivity index (χ0n) is 9.90. The lowest BCUT2D eigenvalue weighted by Crippen LogP contribution is -2.25. The summed E-state index contributed by atoms with van der Waals surface area (Å²) in [6.07, 6.45) is 1.78. The van der Waals surface area contributed by atoms with Crippen molar-refractivity contribution in [3.05, 3.63) is 0 Å². The van der Waals surface area contributed by atoms with Crippen molar-refractivity contribution in [1.82, 2.24) is 0 Å². The number of nitrogens with two attached hydrogens (primary N) is 1. The van der Waals surface area contributed by atoms with Crippen molar-refractivity contribution in [2.24, 2.45) is 17.0 Å². The second-order valence-corrected chi connectivity index (χ2v) is 6.02. The minimum Gasteiger partial charge on any atom is -0.381 e. The van der Waals surface area contributed by atoms with Gasteiger partial charge in [0.1, 0.15) is 0 Å². The van der Waals surface area contributed by atoms with Gasteiger partial charge in [0.2, 0.25) is 10.0 Å². The maximum Gasteiger partial charge on any atom is 0.209 e. The van der Waals surface area contributed by atoms with E-state index >= 15 is 0 Å². The van der Waals surface area contributed by atoms with Crippen LogP contribution in [-0.2, 0) is 14.8 Å². The molecule has 0 rings (SSSR count). The van der Waals surface area contributed by atoms with E-state index < -0.39 is 10.0 Å². The Morgan fingerprint density at radius 2 is 1.93 bits per heavy atom. The highest BCUT2D eigenvalue weighted by Gasteiger charge is 2.14. The molecule has 0 aromatic rings. The smallest absolute Gasteiger partial charge is 0.209 e. The van der Waals surface area contributed by atoms with Crippen LogP contribution in [0.15, 0.2) is 0 Å². The number of ether oxygens (including phenoxy) is 1. The van der Waals surface area contributed by atoms with Gasteiger partial charge < -0.3 is 4.74 Å². The van der Waals surface area contributed by atoms with E-state index in [1.807, 2.05) is 6.92 Å². The van der Waals surface area contributed by atoms with Gasteiger partial charge in [-0.2, -0.15) is 0 Å². The lowest BCUT2D eigenvalue weighted by atomic mass is 10.1. The molecule has 5 heteroatoms. The van der Waals surface area contributed by atoms with Crippen molar-refractivity contribution in [3.8, 4) is 0 Å². The monoisotopic (exact) mass is 237 g/mol. The highest BCUT2D eigenvalue weighted by atomic mass is 32.2. The first-order valence-corrected chi connectivity index (χ1v) is 7.15. The summed E-state index contributed by atoms with van der Waals surface area (Å²) in [6, 6.07) is 0. The normalized spacial score (nSPS) is 14.5. The zero-order valence-corrected chi connectivity index (χ0v) is 10.7. The van der Waals surface area contributed by atoms with Crippen LogP contribution in [0, 0.1) is 11.8 Å². The molecule has 0 saturated heterocycles. The van der Waals surface area contributed by atoms with E-state index in [0.717, 1.165) is 12.8 Å². The number of hydrogen-bond donors (Lipinski definition) is 1. The minimum absolute atomic E-state index is 0.0190. The summed E-state index contributed by atoms with van der Waals surface area (Å²) < 4.78 is 27.2. The molecule has 0 fully saturated rings. The number of rotatable bonds is 8. The Kier molecular flexibility index (Phi) is 7.13. The summed E-state index contributed by atoms with van der Waals surface area (Å²) in [5, 5.41) is 4.98. The maximum atomic E-state index is 10.9. The molecule has 0 amide bonds. The van der Waals surface area contributed by atoms with Crippen LogP contribution < -0.4 is 5.14 Å². The first-order chi connectivity index (χ1) is 6.85. The molecule has 0 spiro atoms. The first-order valence-electron chi connectivity index (χ1n) is 5.43. The molecule has 0 aromatic carbocycles. The third-order valence-electron chi connectivity index (χ3n) is 2.24. The fourth-order valence-electron chi connectivity index (χ4n) is 1.18. The molecule has 0 bridgehead atoms. The number of sulfonamides is 1. The lowest BCUT2D eigenvalue weighted by Gasteiger charge is -2.14. The van der Waals surface area contributed by atoms with Crippen LogP contribution >= 0.6 is 0 Å². The van der Waals surface area contributed by atoms with Gasteiger partial charge in [-0.05, 0) is 18.3 Å². The van der Waals surface area contributed by atoms with E-state index in [-0.39, 0.29) is 11.7 Å². The standard InChI is InChI=1S/C10H23NO3S/c1-4-10(8-15(11,12)13)7-14-6-5-9(2)3/h9-10H,4-8H2,1-3H3,(H2,11,12,13). The number of hydrogen-bond acceptors (Lipinski definition) is 3.